The summed E-state index contributed by atoms with van der Waals surface area (Å²) in [6, 6.07) is 12.2. The summed E-state index contributed by atoms with van der Waals surface area (Å²) in [6.45, 7) is 1.75. The predicted molar refractivity (Wildman–Crippen MR) is 166 cm³/mol. The molecule has 2 bridgehead atoms. The number of benzene rings is 2. The fourth-order valence-electron chi connectivity index (χ4n) is 7.21. The molecule has 1 spiro atoms. The molecule has 6 rings (SSSR count). The van der Waals surface area contributed by atoms with Crippen molar-refractivity contribution in [1.82, 2.24) is 4.90 Å². The minimum Gasteiger partial charge on any atom is -0.493 e. The molecule has 0 aromatic heterocycles. The molecule has 15 nitrogen and oxygen atoms in total. The van der Waals surface area contributed by atoms with Crippen LogP contribution in [0.2, 0.25) is 0 Å². The number of carboxylic acids is 2. The summed E-state index contributed by atoms with van der Waals surface area (Å²) in [5, 5.41) is 39.2. The highest BCUT2D eigenvalue weighted by Gasteiger charge is 2.72. The van der Waals surface area contributed by atoms with E-state index in [2.05, 4.69) is 9.64 Å². The second-order valence-electron chi connectivity index (χ2n) is 12.2. The van der Waals surface area contributed by atoms with Crippen LogP contribution >= 0.6 is 0 Å². The monoisotopic (exact) mass is 683 g/mol. The lowest BCUT2D eigenvalue weighted by molar-refractivity contribution is -0.172. The van der Waals surface area contributed by atoms with E-state index in [9.17, 15) is 34.2 Å². The number of para-hydroxylation sites is 1. The topological polar surface area (TPSA) is 216 Å². The van der Waals surface area contributed by atoms with Crippen molar-refractivity contribution in [2.75, 3.05) is 20.7 Å². The highest BCUT2D eigenvalue weighted by molar-refractivity contribution is 5.83. The van der Waals surface area contributed by atoms with E-state index in [4.69, 9.17) is 29.2 Å². The molecule has 2 aliphatic heterocycles. The van der Waals surface area contributed by atoms with Gasteiger partial charge in [-0.1, -0.05) is 24.3 Å². The molecule has 0 saturated carbocycles. The molecule has 0 amide bonds. The third-order valence-electron chi connectivity index (χ3n) is 9.33. The molecule has 2 aliphatic carbocycles. The number of hydrogen-bond donors (Lipinski definition) is 4. The maximum atomic E-state index is 12.9. The molecular formula is C34H37NO14. The minimum absolute atomic E-state index is 0.133. The maximum absolute atomic E-state index is 12.9. The summed E-state index contributed by atoms with van der Waals surface area (Å²) in [6.07, 6.45) is -2.20. The molecule has 15 heteroatoms. The third-order valence-corrected chi connectivity index (χ3v) is 9.33. The van der Waals surface area contributed by atoms with Gasteiger partial charge in [0.2, 0.25) is 6.10 Å². The Balaban J connectivity index is 0.000000335. The van der Waals surface area contributed by atoms with E-state index >= 15 is 0 Å². The molecule has 262 valence electrons. The van der Waals surface area contributed by atoms with Crippen LogP contribution in [0.5, 0.6) is 17.2 Å². The molecule has 2 unspecified atom stereocenters. The average Bonchev–Trinajstić information content (AvgIpc) is 3.40. The summed E-state index contributed by atoms with van der Waals surface area (Å²) in [5.74, 6) is -3.70. The first-order valence-electron chi connectivity index (χ1n) is 15.5. The Kier molecular flexibility index (Phi) is 9.99. The van der Waals surface area contributed by atoms with Gasteiger partial charge in [-0.25, -0.2) is 9.59 Å². The maximum Gasteiger partial charge on any atom is 0.345 e. The Labute approximate surface area is 280 Å². The molecule has 2 heterocycles. The standard InChI is InChI=1S/C28H29NO8.C6H8O6/c1-29-13-12-27-23-16-8-9-19(34-2)24(23)37-25(27)20(10-11-28(27,33)21(29)14-16)36-26(32)18(30)15-22(31)35-17-6-4-3-5-7-17;1-3(7)12-4(6(10)11)2-5(8)9/h3-10,18,21,25,30,33H,11-15H2,1-2H3;4H,2H2,1H3,(H,8,9)(H,10,11)/t18?,21-,25+,27+,28-;/m1./s1. The van der Waals surface area contributed by atoms with Gasteiger partial charge in [-0.2, -0.15) is 0 Å². The van der Waals surface area contributed by atoms with Crippen molar-refractivity contribution in [3.8, 4) is 17.2 Å². The van der Waals surface area contributed by atoms with Crippen LogP contribution in [-0.2, 0) is 45.3 Å². The fourth-order valence-corrected chi connectivity index (χ4v) is 7.21. The van der Waals surface area contributed by atoms with Crippen LogP contribution in [0.3, 0.4) is 0 Å². The van der Waals surface area contributed by atoms with Gasteiger partial charge in [0.25, 0.3) is 0 Å². The second-order valence-corrected chi connectivity index (χ2v) is 12.2. The van der Waals surface area contributed by atoms with Gasteiger partial charge in [0.15, 0.2) is 23.7 Å². The van der Waals surface area contributed by atoms with Crippen LogP contribution in [0.1, 0.15) is 43.7 Å². The van der Waals surface area contributed by atoms with E-state index in [0.29, 0.717) is 30.1 Å². The Morgan fingerprint density at radius 2 is 1.76 bits per heavy atom. The number of carbonyl (C=O) groups is 5. The van der Waals surface area contributed by atoms with Crippen molar-refractivity contribution in [3.05, 3.63) is 65.4 Å². The molecule has 6 atom stereocenters. The van der Waals surface area contributed by atoms with Crippen molar-refractivity contribution in [2.45, 2.75) is 74.4 Å². The smallest absolute Gasteiger partial charge is 0.345 e. The van der Waals surface area contributed by atoms with Crippen molar-refractivity contribution in [1.29, 1.82) is 0 Å². The molecule has 1 saturated heterocycles. The molecule has 49 heavy (non-hydrogen) atoms. The lowest BCUT2D eigenvalue weighted by Crippen LogP contribution is -2.74. The van der Waals surface area contributed by atoms with Crippen molar-refractivity contribution in [2.24, 2.45) is 0 Å². The second kappa shape index (κ2) is 13.9. The Bertz CT molecular complexity index is 1660. The first-order chi connectivity index (χ1) is 23.2. The zero-order valence-corrected chi connectivity index (χ0v) is 27.0. The van der Waals surface area contributed by atoms with E-state index < -0.39 is 72.0 Å². The van der Waals surface area contributed by atoms with Gasteiger partial charge in [0.05, 0.1) is 31.0 Å². The first-order valence-corrected chi connectivity index (χ1v) is 15.5. The normalized spacial score (nSPS) is 25.4. The van der Waals surface area contributed by atoms with Crippen molar-refractivity contribution < 1.29 is 68.1 Å². The number of aliphatic hydroxyl groups excluding tert-OH is 1. The molecule has 4 aliphatic rings. The number of nitrogens with zero attached hydrogens (tertiary/aromatic N) is 1. The number of ether oxygens (including phenoxy) is 5. The summed E-state index contributed by atoms with van der Waals surface area (Å²) in [5.41, 5.74) is 0.0278. The minimum atomic E-state index is -1.72. The summed E-state index contributed by atoms with van der Waals surface area (Å²) in [4.78, 5) is 57.8. The molecule has 0 radical (unpaired) electrons. The number of piperidine rings is 1. The summed E-state index contributed by atoms with van der Waals surface area (Å²) in [7, 11) is 3.58. The zero-order chi connectivity index (χ0) is 35.7. The zero-order valence-electron chi connectivity index (χ0n) is 27.0. The van der Waals surface area contributed by atoms with Crippen molar-refractivity contribution >= 4 is 29.8 Å². The number of aliphatic hydroxyl groups is 2. The Morgan fingerprint density at radius 1 is 1.04 bits per heavy atom. The van der Waals surface area contributed by atoms with Gasteiger partial charge in [0.1, 0.15) is 11.5 Å². The lowest BCUT2D eigenvalue weighted by atomic mass is 9.50. The number of carbonyl (C=O) groups excluding carboxylic acids is 3. The van der Waals surface area contributed by atoms with Gasteiger partial charge in [-0.15, -0.1) is 0 Å². The van der Waals surface area contributed by atoms with Crippen molar-refractivity contribution in [3.63, 3.8) is 0 Å². The third kappa shape index (κ3) is 6.56. The van der Waals surface area contributed by atoms with E-state index in [1.807, 2.05) is 19.2 Å². The molecule has 4 N–H and O–H groups in total. The van der Waals surface area contributed by atoms with Gasteiger partial charge < -0.3 is 49.0 Å². The number of methoxy groups -OCH3 is 1. The molecule has 1 fully saturated rings. The average molecular weight is 684 g/mol. The number of rotatable bonds is 10. The number of esters is 3. The van der Waals surface area contributed by atoms with Gasteiger partial charge in [-0.3, -0.25) is 14.4 Å². The summed E-state index contributed by atoms with van der Waals surface area (Å²) >= 11 is 0. The Morgan fingerprint density at radius 3 is 2.39 bits per heavy atom. The molecular weight excluding hydrogens is 646 g/mol. The molecule has 2 aromatic carbocycles. The molecule has 2 aromatic rings. The number of likely N-dealkylation sites (N-methyl/N-ethyl adjacent to an activating group) is 1. The van der Waals surface area contributed by atoms with Crippen LogP contribution < -0.4 is 14.2 Å². The highest BCUT2D eigenvalue weighted by atomic mass is 16.6. The Hall–Kier alpha value is -4.99. The number of likely N-dealkylation sites (tertiary alicyclic amines) is 1. The van der Waals surface area contributed by atoms with E-state index in [1.165, 1.54) is 0 Å². The summed E-state index contributed by atoms with van der Waals surface area (Å²) < 4.78 is 27.1. The van der Waals surface area contributed by atoms with Gasteiger partial charge in [-0.05, 0) is 56.3 Å². The SMILES string of the molecule is CC(=O)OC(CC(=O)O)C(=O)O.COc1ccc2c3c1O[C@H]1C(OC(=O)C(O)CC(=O)Oc4ccccc4)=CC[C@@]4(O)[C@@H](C2)N(C)CC[C@]314. The highest BCUT2D eigenvalue weighted by Crippen LogP contribution is 2.65. The van der Waals surface area contributed by atoms with Crippen LogP contribution in [0.25, 0.3) is 0 Å². The van der Waals surface area contributed by atoms with Crippen LogP contribution in [0.15, 0.2) is 54.3 Å². The predicted octanol–water partition coefficient (Wildman–Crippen LogP) is 1.35. The number of hydrogen-bond acceptors (Lipinski definition) is 13. The van der Waals surface area contributed by atoms with Gasteiger partial charge >= 0.3 is 29.8 Å². The van der Waals surface area contributed by atoms with E-state index in [1.54, 1.807) is 43.5 Å². The van der Waals surface area contributed by atoms with Crippen LogP contribution in [0.4, 0.5) is 0 Å². The van der Waals surface area contributed by atoms with Crippen LogP contribution in [-0.4, -0.2) is 106 Å². The number of carboxylic acid groups (broad SMARTS) is 2. The van der Waals surface area contributed by atoms with Gasteiger partial charge in [0, 0.05) is 24.9 Å². The quantitative estimate of drug-likeness (QED) is 0.205. The first kappa shape index (κ1) is 35.3. The lowest BCUT2D eigenvalue weighted by Gasteiger charge is -2.61. The van der Waals surface area contributed by atoms with E-state index in [0.717, 1.165) is 24.6 Å². The fraction of sp³-hybridized carbons (Fsp3) is 0.441. The largest absolute Gasteiger partial charge is 0.493 e. The van der Waals surface area contributed by atoms with E-state index in [-0.39, 0.29) is 18.2 Å². The number of aliphatic carboxylic acids is 2. The van der Waals surface area contributed by atoms with Crippen LogP contribution in [0, 0.1) is 0 Å².